The molecule has 0 saturated heterocycles. The summed E-state index contributed by atoms with van der Waals surface area (Å²) in [6.07, 6.45) is 2.32. The summed E-state index contributed by atoms with van der Waals surface area (Å²) < 4.78 is 10.4. The molecule has 70 valence electrons. The SMILES string of the molecule is CCC(=CC(=O)P(=O)(O)O)CC. The second-order valence-corrected chi connectivity index (χ2v) is 3.92. The molecule has 2 N–H and O–H groups in total. The standard InChI is InChI=1S/C7H13O4P/c1-3-6(4-2)5-7(8)12(9,10)11/h5H,3-4H2,1-2H3,(H2,9,10,11). The maximum atomic E-state index is 10.8. The van der Waals surface area contributed by atoms with Crippen LogP contribution in [-0.2, 0) is 9.36 Å². The summed E-state index contributed by atoms with van der Waals surface area (Å²) in [5, 5.41) is 0. The Morgan fingerprint density at radius 1 is 1.33 bits per heavy atom. The third-order valence-electron chi connectivity index (χ3n) is 1.52. The fourth-order valence-corrected chi connectivity index (χ4v) is 1.06. The fourth-order valence-electron chi connectivity index (χ4n) is 0.713. The predicted molar refractivity (Wildman–Crippen MR) is 45.7 cm³/mol. The van der Waals surface area contributed by atoms with Crippen LogP contribution in [0.1, 0.15) is 26.7 Å². The number of rotatable bonds is 4. The Labute approximate surface area is 71.5 Å². The summed E-state index contributed by atoms with van der Waals surface area (Å²) in [7, 11) is -4.55. The minimum atomic E-state index is -4.55. The minimum absolute atomic E-state index is 0.641. The third kappa shape index (κ3) is 3.81. The van der Waals surface area contributed by atoms with Gasteiger partial charge in [-0.2, -0.15) is 0 Å². The Bertz CT molecular complexity index is 232. The van der Waals surface area contributed by atoms with Gasteiger partial charge in [0.1, 0.15) is 0 Å². The molecule has 0 aliphatic rings. The number of carbonyl (C=O) groups excluding carboxylic acids is 1. The highest BCUT2D eigenvalue weighted by Crippen LogP contribution is 2.36. The Balaban J connectivity index is 4.53. The maximum absolute atomic E-state index is 10.8. The van der Waals surface area contributed by atoms with E-state index < -0.39 is 13.1 Å². The highest BCUT2D eigenvalue weighted by atomic mass is 31.2. The first-order valence-corrected chi connectivity index (χ1v) is 5.32. The van der Waals surface area contributed by atoms with Gasteiger partial charge in [0.05, 0.1) is 0 Å². The molecule has 0 rings (SSSR count). The number of hydrogen-bond acceptors (Lipinski definition) is 2. The highest BCUT2D eigenvalue weighted by Gasteiger charge is 2.22. The summed E-state index contributed by atoms with van der Waals surface area (Å²) in [4.78, 5) is 27.6. The number of allylic oxidation sites excluding steroid dienone is 2. The van der Waals surface area contributed by atoms with E-state index in [2.05, 4.69) is 0 Å². The Hall–Kier alpha value is -0.440. The van der Waals surface area contributed by atoms with Crippen molar-refractivity contribution < 1.29 is 19.1 Å². The van der Waals surface area contributed by atoms with Gasteiger partial charge in [0.25, 0.3) is 5.52 Å². The molecular weight excluding hydrogens is 179 g/mol. The molecule has 0 unspecified atom stereocenters. The third-order valence-corrected chi connectivity index (χ3v) is 2.23. The molecule has 0 bridgehead atoms. The molecule has 0 heterocycles. The molecule has 0 fully saturated rings. The van der Waals surface area contributed by atoms with Gasteiger partial charge in [-0.05, 0) is 18.9 Å². The van der Waals surface area contributed by atoms with Gasteiger partial charge in [-0.1, -0.05) is 19.4 Å². The van der Waals surface area contributed by atoms with Crippen molar-refractivity contribution in [2.24, 2.45) is 0 Å². The van der Waals surface area contributed by atoms with Gasteiger partial charge in [0.2, 0.25) is 0 Å². The first-order chi connectivity index (χ1) is 5.41. The molecular formula is C7H13O4P. The average molecular weight is 192 g/mol. The van der Waals surface area contributed by atoms with Crippen molar-refractivity contribution in [1.29, 1.82) is 0 Å². The van der Waals surface area contributed by atoms with E-state index in [9.17, 15) is 9.36 Å². The van der Waals surface area contributed by atoms with E-state index in [4.69, 9.17) is 9.79 Å². The van der Waals surface area contributed by atoms with E-state index >= 15 is 0 Å². The Morgan fingerprint density at radius 2 is 1.75 bits per heavy atom. The van der Waals surface area contributed by atoms with Crippen LogP contribution in [0.3, 0.4) is 0 Å². The molecule has 0 amide bonds. The summed E-state index contributed by atoms with van der Waals surface area (Å²) >= 11 is 0. The molecule has 0 aromatic rings. The van der Waals surface area contributed by atoms with Crippen molar-refractivity contribution in [3.8, 4) is 0 Å². The normalized spacial score (nSPS) is 11.0. The van der Waals surface area contributed by atoms with Crippen molar-refractivity contribution in [3.63, 3.8) is 0 Å². The van der Waals surface area contributed by atoms with Gasteiger partial charge in [-0.3, -0.25) is 9.36 Å². The lowest BCUT2D eigenvalue weighted by molar-refractivity contribution is -0.109. The van der Waals surface area contributed by atoms with E-state index in [1.54, 1.807) is 0 Å². The largest absolute Gasteiger partial charge is 0.395 e. The van der Waals surface area contributed by atoms with Crippen LogP contribution < -0.4 is 0 Å². The lowest BCUT2D eigenvalue weighted by Gasteiger charge is -2.00. The second-order valence-electron chi connectivity index (χ2n) is 2.39. The summed E-state index contributed by atoms with van der Waals surface area (Å²) in [5.41, 5.74) is -0.343. The van der Waals surface area contributed by atoms with E-state index in [1.807, 2.05) is 13.8 Å². The summed E-state index contributed by atoms with van der Waals surface area (Å²) in [6, 6.07) is 0. The minimum Gasteiger partial charge on any atom is -0.319 e. The lowest BCUT2D eigenvalue weighted by Crippen LogP contribution is -1.95. The van der Waals surface area contributed by atoms with Crippen LogP contribution in [0.25, 0.3) is 0 Å². The van der Waals surface area contributed by atoms with Crippen molar-refractivity contribution in [2.75, 3.05) is 0 Å². The Kier molecular flexibility index (Phi) is 4.39. The van der Waals surface area contributed by atoms with Crippen LogP contribution >= 0.6 is 7.60 Å². The number of hydrogen-bond donors (Lipinski definition) is 2. The molecule has 0 aliphatic heterocycles. The van der Waals surface area contributed by atoms with Crippen molar-refractivity contribution in [1.82, 2.24) is 0 Å². The smallest absolute Gasteiger partial charge is 0.319 e. The van der Waals surface area contributed by atoms with Gasteiger partial charge in [-0.15, -0.1) is 0 Å². The van der Waals surface area contributed by atoms with Crippen LogP contribution in [0.4, 0.5) is 0 Å². The molecule has 5 heteroatoms. The average Bonchev–Trinajstić information content (AvgIpc) is 1.97. The molecule has 0 aliphatic carbocycles. The van der Waals surface area contributed by atoms with Crippen LogP contribution in [0.2, 0.25) is 0 Å². The molecule has 0 spiro atoms. The molecule has 0 radical (unpaired) electrons. The second kappa shape index (κ2) is 4.55. The first kappa shape index (κ1) is 11.6. The van der Waals surface area contributed by atoms with Crippen molar-refractivity contribution in [2.45, 2.75) is 26.7 Å². The highest BCUT2D eigenvalue weighted by molar-refractivity contribution is 7.70. The Morgan fingerprint density at radius 3 is 2.00 bits per heavy atom. The van der Waals surface area contributed by atoms with Gasteiger partial charge in [0, 0.05) is 0 Å². The van der Waals surface area contributed by atoms with E-state index in [1.165, 1.54) is 0 Å². The van der Waals surface area contributed by atoms with Crippen LogP contribution in [-0.4, -0.2) is 15.3 Å². The zero-order valence-corrected chi connectivity index (χ0v) is 8.04. The summed E-state index contributed by atoms with van der Waals surface area (Å²) in [6.45, 7) is 3.67. The summed E-state index contributed by atoms with van der Waals surface area (Å²) in [5.74, 6) is 0. The van der Waals surface area contributed by atoms with Gasteiger partial charge >= 0.3 is 7.60 Å². The molecule has 0 atom stereocenters. The fraction of sp³-hybridized carbons (Fsp3) is 0.571. The van der Waals surface area contributed by atoms with Gasteiger partial charge in [0.15, 0.2) is 0 Å². The van der Waals surface area contributed by atoms with Crippen LogP contribution in [0.15, 0.2) is 11.6 Å². The van der Waals surface area contributed by atoms with E-state index in [0.717, 1.165) is 11.6 Å². The number of carbonyl (C=O) groups is 1. The van der Waals surface area contributed by atoms with Crippen LogP contribution in [0.5, 0.6) is 0 Å². The maximum Gasteiger partial charge on any atom is 0.395 e. The molecule has 0 aromatic heterocycles. The topological polar surface area (TPSA) is 74.6 Å². The van der Waals surface area contributed by atoms with Crippen molar-refractivity contribution >= 4 is 13.1 Å². The van der Waals surface area contributed by atoms with Crippen LogP contribution in [0, 0.1) is 0 Å². The lowest BCUT2D eigenvalue weighted by atomic mass is 10.1. The first-order valence-electron chi connectivity index (χ1n) is 3.71. The van der Waals surface area contributed by atoms with Gasteiger partial charge < -0.3 is 9.79 Å². The molecule has 4 nitrogen and oxygen atoms in total. The van der Waals surface area contributed by atoms with Gasteiger partial charge in [-0.25, -0.2) is 0 Å². The van der Waals surface area contributed by atoms with E-state index in [0.29, 0.717) is 12.8 Å². The monoisotopic (exact) mass is 192 g/mol. The molecule has 12 heavy (non-hydrogen) atoms. The molecule has 0 saturated carbocycles. The zero-order chi connectivity index (χ0) is 9.78. The quantitative estimate of drug-likeness (QED) is 0.522. The zero-order valence-electron chi connectivity index (χ0n) is 7.15. The molecule has 0 aromatic carbocycles. The van der Waals surface area contributed by atoms with E-state index in [-0.39, 0.29) is 0 Å². The van der Waals surface area contributed by atoms with Crippen molar-refractivity contribution in [3.05, 3.63) is 11.6 Å². The predicted octanol–water partition coefficient (Wildman–Crippen LogP) is 1.44.